The molecule has 0 unspecified atom stereocenters. The third-order valence-corrected chi connectivity index (χ3v) is 4.39. The van der Waals surface area contributed by atoms with Gasteiger partial charge in [-0.1, -0.05) is 11.6 Å². The van der Waals surface area contributed by atoms with Crippen LogP contribution in [0.25, 0.3) is 0 Å². The van der Waals surface area contributed by atoms with Gasteiger partial charge in [0.1, 0.15) is 5.75 Å². The predicted molar refractivity (Wildman–Crippen MR) is 102 cm³/mol. The van der Waals surface area contributed by atoms with Crippen LogP contribution in [0.5, 0.6) is 5.75 Å². The number of H-pyrrole nitrogens is 1. The van der Waals surface area contributed by atoms with Gasteiger partial charge in [-0.15, -0.1) is 0 Å². The van der Waals surface area contributed by atoms with Gasteiger partial charge in [0.2, 0.25) is 5.78 Å². The van der Waals surface area contributed by atoms with E-state index < -0.39 is 12.0 Å². The molecule has 0 aliphatic heterocycles. The van der Waals surface area contributed by atoms with Crippen molar-refractivity contribution in [3.63, 3.8) is 0 Å². The molecule has 1 heterocycles. The second kappa shape index (κ2) is 8.27. The number of ketones is 1. The number of aryl methyl sites for hydroxylation is 1. The molecule has 2 N–H and O–H groups in total. The summed E-state index contributed by atoms with van der Waals surface area (Å²) < 4.78 is 10.2. The quantitative estimate of drug-likeness (QED) is 0.558. The molecule has 0 aliphatic carbocycles. The molecular formula is C19H23ClN2O4. The van der Waals surface area contributed by atoms with Gasteiger partial charge in [0, 0.05) is 11.4 Å². The van der Waals surface area contributed by atoms with Crippen molar-refractivity contribution in [2.75, 3.05) is 19.0 Å². The van der Waals surface area contributed by atoms with Crippen molar-refractivity contribution >= 4 is 29.0 Å². The van der Waals surface area contributed by atoms with E-state index in [1.54, 1.807) is 45.9 Å². The number of rotatable bonds is 7. The Hall–Kier alpha value is -2.47. The van der Waals surface area contributed by atoms with Crippen LogP contribution in [-0.4, -0.2) is 36.5 Å². The Bertz CT molecular complexity index is 829. The lowest BCUT2D eigenvalue weighted by Gasteiger charge is -2.15. The summed E-state index contributed by atoms with van der Waals surface area (Å²) >= 11 is 6.12. The lowest BCUT2D eigenvalue weighted by atomic mass is 10.0. The van der Waals surface area contributed by atoms with E-state index in [4.69, 9.17) is 21.1 Å². The summed E-state index contributed by atoms with van der Waals surface area (Å²) in [5.74, 6) is -0.0282. The fourth-order valence-electron chi connectivity index (χ4n) is 2.79. The van der Waals surface area contributed by atoms with Crippen molar-refractivity contribution < 1.29 is 19.1 Å². The average Bonchev–Trinajstić information content (AvgIpc) is 2.89. The zero-order valence-electron chi connectivity index (χ0n) is 15.5. The number of Topliss-reactive ketones (excluding diaryl/α,β-unsaturated/α-hetero) is 1. The number of ether oxygens (including phenoxy) is 2. The van der Waals surface area contributed by atoms with Crippen molar-refractivity contribution in [2.24, 2.45) is 0 Å². The highest BCUT2D eigenvalue weighted by Crippen LogP contribution is 2.28. The van der Waals surface area contributed by atoms with Gasteiger partial charge in [-0.3, -0.25) is 4.79 Å². The number of aromatic amines is 1. The number of aromatic nitrogens is 1. The van der Waals surface area contributed by atoms with E-state index in [-0.39, 0.29) is 12.4 Å². The highest BCUT2D eigenvalue weighted by Gasteiger charge is 2.25. The van der Waals surface area contributed by atoms with Gasteiger partial charge in [-0.2, -0.15) is 0 Å². The maximum atomic E-state index is 12.8. The van der Waals surface area contributed by atoms with Crippen molar-refractivity contribution in [3.05, 3.63) is 45.7 Å². The molecule has 0 bridgehead atoms. The second-order valence-corrected chi connectivity index (χ2v) is 6.33. The molecule has 1 aromatic carbocycles. The fraction of sp³-hybridized carbons (Fsp3) is 0.368. The third-order valence-electron chi connectivity index (χ3n) is 4.09. The molecule has 6 nitrogen and oxygen atoms in total. The molecule has 2 aromatic rings. The first-order valence-electron chi connectivity index (χ1n) is 8.30. The summed E-state index contributed by atoms with van der Waals surface area (Å²) in [5.41, 5.74) is 2.71. The summed E-state index contributed by atoms with van der Waals surface area (Å²) in [6.07, 6.45) is 0. The molecule has 0 amide bonds. The molecular weight excluding hydrogens is 356 g/mol. The van der Waals surface area contributed by atoms with Crippen molar-refractivity contribution in [3.8, 4) is 5.75 Å². The number of hydrogen-bond donors (Lipinski definition) is 2. The monoisotopic (exact) mass is 378 g/mol. The number of benzene rings is 1. The standard InChI is InChI=1S/C19H23ClN2O4/c1-6-26-19(24)16-10(2)17(22-11(16)3)18(23)12(4)21-13-7-8-15(25-5)14(20)9-13/h7-9,12,21-22H,6H2,1-5H3/t12-/m0/s1. The van der Waals surface area contributed by atoms with Gasteiger partial charge >= 0.3 is 5.97 Å². The van der Waals surface area contributed by atoms with Crippen molar-refractivity contribution in [1.29, 1.82) is 0 Å². The van der Waals surface area contributed by atoms with E-state index in [1.807, 2.05) is 0 Å². The molecule has 0 fully saturated rings. The number of nitrogens with one attached hydrogen (secondary N) is 2. The van der Waals surface area contributed by atoms with E-state index in [9.17, 15) is 9.59 Å². The van der Waals surface area contributed by atoms with Gasteiger partial charge in [0.25, 0.3) is 0 Å². The summed E-state index contributed by atoms with van der Waals surface area (Å²) in [6.45, 7) is 7.26. The van der Waals surface area contributed by atoms with Gasteiger partial charge in [-0.05, 0) is 51.5 Å². The molecule has 0 radical (unpaired) electrons. The summed E-state index contributed by atoms with van der Waals surface area (Å²) in [4.78, 5) is 27.9. The van der Waals surface area contributed by atoms with Gasteiger partial charge < -0.3 is 19.8 Å². The number of hydrogen-bond acceptors (Lipinski definition) is 5. The number of anilines is 1. The number of esters is 1. The molecule has 1 atom stereocenters. The van der Waals surface area contributed by atoms with Crippen molar-refractivity contribution in [2.45, 2.75) is 33.7 Å². The largest absolute Gasteiger partial charge is 0.495 e. The molecule has 0 saturated carbocycles. The number of carbonyl (C=O) groups is 2. The molecule has 0 saturated heterocycles. The lowest BCUT2D eigenvalue weighted by molar-refractivity contribution is 0.0525. The van der Waals surface area contributed by atoms with Gasteiger partial charge in [-0.25, -0.2) is 4.79 Å². The smallest absolute Gasteiger partial charge is 0.340 e. The molecule has 1 aromatic heterocycles. The summed E-state index contributed by atoms with van der Waals surface area (Å²) in [6, 6.07) is 4.68. The maximum Gasteiger partial charge on any atom is 0.340 e. The minimum atomic E-state index is -0.522. The van der Waals surface area contributed by atoms with Crippen LogP contribution in [0.4, 0.5) is 5.69 Å². The third kappa shape index (κ3) is 4.02. The molecule has 7 heteroatoms. The predicted octanol–water partition coefficient (Wildman–Crippen LogP) is 4.15. The Labute approximate surface area is 157 Å². The number of methoxy groups -OCH3 is 1. The lowest BCUT2D eigenvalue weighted by Crippen LogP contribution is -2.27. The van der Waals surface area contributed by atoms with Gasteiger partial charge in [0.15, 0.2) is 0 Å². The Kier molecular flexibility index (Phi) is 6.32. The molecule has 140 valence electrons. The van der Waals surface area contributed by atoms with E-state index in [1.165, 1.54) is 7.11 Å². The Morgan fingerprint density at radius 3 is 2.58 bits per heavy atom. The fourth-order valence-corrected chi connectivity index (χ4v) is 3.05. The van der Waals surface area contributed by atoms with E-state index in [0.29, 0.717) is 39.0 Å². The molecule has 26 heavy (non-hydrogen) atoms. The van der Waals surface area contributed by atoms with Gasteiger partial charge in [0.05, 0.1) is 36.0 Å². The normalized spacial score (nSPS) is 11.8. The second-order valence-electron chi connectivity index (χ2n) is 5.93. The zero-order chi connectivity index (χ0) is 19.4. The van der Waals surface area contributed by atoms with Crippen LogP contribution in [0.3, 0.4) is 0 Å². The summed E-state index contributed by atoms with van der Waals surface area (Å²) in [7, 11) is 1.54. The first-order chi connectivity index (χ1) is 12.3. The number of carbonyl (C=O) groups excluding carboxylic acids is 2. The topological polar surface area (TPSA) is 80.4 Å². The van der Waals surface area contributed by atoms with Crippen LogP contribution in [0, 0.1) is 13.8 Å². The van der Waals surface area contributed by atoms with Crippen LogP contribution >= 0.6 is 11.6 Å². The zero-order valence-corrected chi connectivity index (χ0v) is 16.3. The first-order valence-corrected chi connectivity index (χ1v) is 8.68. The van der Waals surface area contributed by atoms with E-state index in [0.717, 1.165) is 0 Å². The minimum absolute atomic E-state index is 0.159. The molecule has 0 aliphatic rings. The summed E-state index contributed by atoms with van der Waals surface area (Å²) in [5, 5.41) is 3.57. The SMILES string of the molecule is CCOC(=O)c1c(C)[nH]c(C(=O)[C@H](C)Nc2ccc(OC)c(Cl)c2)c1C. The van der Waals surface area contributed by atoms with Crippen LogP contribution in [0.15, 0.2) is 18.2 Å². The highest BCUT2D eigenvalue weighted by atomic mass is 35.5. The van der Waals surface area contributed by atoms with E-state index in [2.05, 4.69) is 10.3 Å². The minimum Gasteiger partial charge on any atom is -0.495 e. The molecule has 0 spiro atoms. The number of halogens is 1. The Morgan fingerprint density at radius 2 is 2.00 bits per heavy atom. The van der Waals surface area contributed by atoms with Crippen LogP contribution in [0.2, 0.25) is 5.02 Å². The van der Waals surface area contributed by atoms with Crippen LogP contribution in [-0.2, 0) is 4.74 Å². The Balaban J connectivity index is 2.22. The highest BCUT2D eigenvalue weighted by molar-refractivity contribution is 6.32. The van der Waals surface area contributed by atoms with Crippen molar-refractivity contribution in [1.82, 2.24) is 4.98 Å². The van der Waals surface area contributed by atoms with E-state index >= 15 is 0 Å². The first kappa shape index (κ1) is 19.8. The van der Waals surface area contributed by atoms with Crippen LogP contribution < -0.4 is 10.1 Å². The Morgan fingerprint density at radius 1 is 1.31 bits per heavy atom. The average molecular weight is 379 g/mol. The van der Waals surface area contributed by atoms with Crippen LogP contribution in [0.1, 0.15) is 46.0 Å². The maximum absolute atomic E-state index is 12.8. The molecule has 2 rings (SSSR count).